The SMILES string of the molecule is CCC/C(O)=C(/C=Nc1ccccc1OCCCC(=O)OCC)C(=O)OCC. The number of carbonyl (C=O) groups excluding carboxylic acids is 2. The van der Waals surface area contributed by atoms with Gasteiger partial charge in [-0.15, -0.1) is 0 Å². The van der Waals surface area contributed by atoms with Gasteiger partial charge >= 0.3 is 11.9 Å². The minimum atomic E-state index is -0.620. The highest BCUT2D eigenvalue weighted by molar-refractivity contribution is 6.10. The van der Waals surface area contributed by atoms with E-state index in [1.54, 1.807) is 38.1 Å². The van der Waals surface area contributed by atoms with Gasteiger partial charge in [0.25, 0.3) is 0 Å². The first-order valence-corrected chi connectivity index (χ1v) is 9.54. The zero-order chi connectivity index (χ0) is 20.8. The van der Waals surface area contributed by atoms with Crippen molar-refractivity contribution < 1.29 is 28.9 Å². The molecule has 0 saturated carbocycles. The van der Waals surface area contributed by atoms with Crippen molar-refractivity contribution in [3.05, 3.63) is 35.6 Å². The molecule has 0 heterocycles. The first kappa shape index (κ1) is 23.2. The molecule has 0 aliphatic rings. The van der Waals surface area contributed by atoms with E-state index in [4.69, 9.17) is 14.2 Å². The van der Waals surface area contributed by atoms with Gasteiger partial charge in [0.15, 0.2) is 0 Å². The molecule has 154 valence electrons. The summed E-state index contributed by atoms with van der Waals surface area (Å²) < 4.78 is 15.6. The maximum absolute atomic E-state index is 12.1. The topological polar surface area (TPSA) is 94.4 Å². The van der Waals surface area contributed by atoms with E-state index in [0.717, 1.165) is 0 Å². The average molecular weight is 391 g/mol. The zero-order valence-corrected chi connectivity index (χ0v) is 16.8. The molecule has 0 unspecified atom stereocenters. The highest BCUT2D eigenvalue weighted by atomic mass is 16.5. The molecule has 7 heteroatoms. The zero-order valence-electron chi connectivity index (χ0n) is 16.8. The van der Waals surface area contributed by atoms with Crippen LogP contribution in [0.4, 0.5) is 5.69 Å². The number of allylic oxidation sites excluding steroid dienone is 1. The van der Waals surface area contributed by atoms with Gasteiger partial charge < -0.3 is 19.3 Å². The maximum atomic E-state index is 12.1. The highest BCUT2D eigenvalue weighted by Gasteiger charge is 2.14. The van der Waals surface area contributed by atoms with Gasteiger partial charge in [-0.25, -0.2) is 4.79 Å². The van der Waals surface area contributed by atoms with E-state index in [0.29, 0.717) is 43.9 Å². The largest absolute Gasteiger partial charge is 0.511 e. The van der Waals surface area contributed by atoms with Crippen molar-refractivity contribution in [2.45, 2.75) is 46.5 Å². The number of aliphatic imine (C=N–C) groups is 1. The van der Waals surface area contributed by atoms with Gasteiger partial charge in [0.1, 0.15) is 22.8 Å². The molecule has 0 amide bonds. The van der Waals surface area contributed by atoms with E-state index < -0.39 is 5.97 Å². The standard InChI is InChI=1S/C21H29NO6/c1-4-10-18(23)16(21(25)27-6-3)15-22-17-11-7-8-12-19(17)28-14-9-13-20(24)26-5-2/h7-8,11-12,15,23H,4-6,9-10,13-14H2,1-3H3/b18-16+,22-15?. The number of ether oxygens (including phenoxy) is 3. The highest BCUT2D eigenvalue weighted by Crippen LogP contribution is 2.27. The number of benzene rings is 1. The summed E-state index contributed by atoms with van der Waals surface area (Å²) in [5, 5.41) is 10.1. The molecule has 0 atom stereocenters. The molecule has 28 heavy (non-hydrogen) atoms. The number of esters is 2. The number of carbonyl (C=O) groups is 2. The molecule has 1 rings (SSSR count). The van der Waals surface area contributed by atoms with Crippen LogP contribution in [0.25, 0.3) is 0 Å². The summed E-state index contributed by atoms with van der Waals surface area (Å²) in [5.41, 5.74) is 0.533. The Morgan fingerprint density at radius 1 is 1.07 bits per heavy atom. The lowest BCUT2D eigenvalue weighted by molar-refractivity contribution is -0.143. The number of hydrogen-bond donors (Lipinski definition) is 1. The molecule has 0 aliphatic carbocycles. The van der Waals surface area contributed by atoms with Gasteiger partial charge in [-0.05, 0) is 38.8 Å². The number of rotatable bonds is 12. The Morgan fingerprint density at radius 2 is 1.79 bits per heavy atom. The van der Waals surface area contributed by atoms with Crippen LogP contribution < -0.4 is 4.74 Å². The Balaban J connectivity index is 2.85. The summed E-state index contributed by atoms with van der Waals surface area (Å²) in [6, 6.07) is 7.07. The van der Waals surface area contributed by atoms with Gasteiger partial charge in [0.05, 0.1) is 19.8 Å². The monoisotopic (exact) mass is 391 g/mol. The lowest BCUT2D eigenvalue weighted by atomic mass is 10.1. The Kier molecular flexibility index (Phi) is 11.1. The molecule has 0 radical (unpaired) electrons. The number of nitrogens with zero attached hydrogens (tertiary/aromatic N) is 1. The van der Waals surface area contributed by atoms with Crippen LogP contribution in [0.1, 0.15) is 46.5 Å². The van der Waals surface area contributed by atoms with Crippen molar-refractivity contribution in [3.8, 4) is 5.75 Å². The lowest BCUT2D eigenvalue weighted by Crippen LogP contribution is -2.11. The van der Waals surface area contributed by atoms with Gasteiger partial charge in [0.2, 0.25) is 0 Å². The van der Waals surface area contributed by atoms with Gasteiger partial charge in [-0.1, -0.05) is 19.1 Å². The molecule has 0 bridgehead atoms. The number of aliphatic hydroxyl groups excluding tert-OH is 1. The van der Waals surface area contributed by atoms with Crippen LogP contribution in [0.2, 0.25) is 0 Å². The van der Waals surface area contributed by atoms with Crippen molar-refractivity contribution in [1.29, 1.82) is 0 Å². The van der Waals surface area contributed by atoms with E-state index in [9.17, 15) is 14.7 Å². The first-order valence-electron chi connectivity index (χ1n) is 9.54. The lowest BCUT2D eigenvalue weighted by Gasteiger charge is -2.09. The smallest absolute Gasteiger partial charge is 0.343 e. The van der Waals surface area contributed by atoms with E-state index >= 15 is 0 Å². The Bertz CT molecular complexity index is 696. The molecule has 0 spiro atoms. The quantitative estimate of drug-likeness (QED) is 0.188. The van der Waals surface area contributed by atoms with E-state index in [2.05, 4.69) is 4.99 Å². The van der Waals surface area contributed by atoms with Gasteiger partial charge in [0, 0.05) is 19.1 Å². The van der Waals surface area contributed by atoms with E-state index in [1.807, 2.05) is 6.92 Å². The van der Waals surface area contributed by atoms with Crippen molar-refractivity contribution in [2.75, 3.05) is 19.8 Å². The second-order valence-electron chi connectivity index (χ2n) is 5.81. The van der Waals surface area contributed by atoms with E-state index in [-0.39, 0.29) is 30.3 Å². The molecule has 0 aliphatic heterocycles. The van der Waals surface area contributed by atoms with Crippen LogP contribution in [-0.4, -0.2) is 43.1 Å². The summed E-state index contributed by atoms with van der Waals surface area (Å²) in [7, 11) is 0. The van der Waals surface area contributed by atoms with Crippen molar-refractivity contribution in [2.24, 2.45) is 4.99 Å². The van der Waals surface area contributed by atoms with Crippen molar-refractivity contribution in [1.82, 2.24) is 0 Å². The summed E-state index contributed by atoms with van der Waals surface area (Å²) in [6.07, 6.45) is 3.13. The van der Waals surface area contributed by atoms with Crippen LogP contribution in [0.5, 0.6) is 5.75 Å². The third-order valence-electron chi connectivity index (χ3n) is 3.58. The summed E-state index contributed by atoms with van der Waals surface area (Å²) in [4.78, 5) is 27.7. The van der Waals surface area contributed by atoms with Crippen LogP contribution in [0.15, 0.2) is 40.6 Å². The minimum absolute atomic E-state index is 0.0285. The molecule has 0 aromatic heterocycles. The van der Waals surface area contributed by atoms with Crippen LogP contribution in [0, 0.1) is 0 Å². The molecule has 1 aromatic carbocycles. The molecule has 1 N–H and O–H groups in total. The van der Waals surface area contributed by atoms with Crippen LogP contribution in [0.3, 0.4) is 0 Å². The maximum Gasteiger partial charge on any atom is 0.343 e. The minimum Gasteiger partial charge on any atom is -0.511 e. The van der Waals surface area contributed by atoms with Crippen molar-refractivity contribution in [3.63, 3.8) is 0 Å². The fourth-order valence-electron chi connectivity index (χ4n) is 2.28. The second-order valence-corrected chi connectivity index (χ2v) is 5.81. The normalized spacial score (nSPS) is 11.8. The third kappa shape index (κ3) is 8.24. The van der Waals surface area contributed by atoms with E-state index in [1.165, 1.54) is 6.21 Å². The van der Waals surface area contributed by atoms with Crippen LogP contribution in [-0.2, 0) is 19.1 Å². The molecule has 0 saturated heterocycles. The summed E-state index contributed by atoms with van der Waals surface area (Å²) in [6.45, 7) is 6.25. The Morgan fingerprint density at radius 3 is 2.46 bits per heavy atom. The molecule has 1 aromatic rings. The third-order valence-corrected chi connectivity index (χ3v) is 3.58. The summed E-state index contributed by atoms with van der Waals surface area (Å²) >= 11 is 0. The summed E-state index contributed by atoms with van der Waals surface area (Å²) in [5.74, 6) is -0.420. The van der Waals surface area contributed by atoms with Crippen molar-refractivity contribution >= 4 is 23.8 Å². The molecular formula is C21H29NO6. The number of aliphatic hydroxyl groups is 1. The molecule has 7 nitrogen and oxygen atoms in total. The van der Waals surface area contributed by atoms with Crippen LogP contribution >= 0.6 is 0 Å². The number of para-hydroxylation sites is 2. The fraction of sp³-hybridized carbons (Fsp3) is 0.476. The predicted molar refractivity (Wildman–Crippen MR) is 107 cm³/mol. The second kappa shape index (κ2) is 13.4. The first-order chi connectivity index (χ1) is 13.5. The number of hydrogen-bond acceptors (Lipinski definition) is 7. The molecule has 0 fully saturated rings. The van der Waals surface area contributed by atoms with Gasteiger partial charge in [-0.2, -0.15) is 0 Å². The average Bonchev–Trinajstić information content (AvgIpc) is 2.67. The van der Waals surface area contributed by atoms with Gasteiger partial charge in [-0.3, -0.25) is 9.79 Å². The fourth-order valence-corrected chi connectivity index (χ4v) is 2.28. The predicted octanol–water partition coefficient (Wildman–Crippen LogP) is 4.29. The molecular weight excluding hydrogens is 362 g/mol. The Hall–Kier alpha value is -2.83. The Labute approximate surface area is 166 Å².